The molecule has 6 nitrogen and oxygen atoms in total. The number of hydrogen-bond acceptors (Lipinski definition) is 4. The summed E-state index contributed by atoms with van der Waals surface area (Å²) in [5, 5.41) is 11.5. The molecule has 0 radical (unpaired) electrons. The second-order valence-corrected chi connectivity index (χ2v) is 5.71. The van der Waals surface area contributed by atoms with Crippen LogP contribution in [-0.2, 0) is 14.3 Å². The fraction of sp³-hybridized carbons (Fsp3) is 0.467. The molecule has 116 valence electrons. The topological polar surface area (TPSA) is 102 Å². The highest BCUT2D eigenvalue weighted by Crippen LogP contribution is 2.11. The van der Waals surface area contributed by atoms with Gasteiger partial charge in [0.1, 0.15) is 6.04 Å². The molecule has 0 aliphatic rings. The predicted molar refractivity (Wildman–Crippen MR) is 78.6 cm³/mol. The fourth-order valence-electron chi connectivity index (χ4n) is 1.58. The lowest BCUT2D eigenvalue weighted by Crippen LogP contribution is -2.48. The number of hydrogen-bond donors (Lipinski definition) is 3. The molecule has 0 saturated carbocycles. The Morgan fingerprint density at radius 3 is 2.33 bits per heavy atom. The molecule has 0 spiro atoms. The third-order valence-electron chi connectivity index (χ3n) is 2.74. The Balaban J connectivity index is 2.66. The minimum absolute atomic E-state index is 0.119. The Morgan fingerprint density at radius 2 is 1.86 bits per heavy atom. The van der Waals surface area contributed by atoms with Crippen LogP contribution in [0, 0.1) is 0 Å². The van der Waals surface area contributed by atoms with E-state index in [1.165, 1.54) is 0 Å². The van der Waals surface area contributed by atoms with Gasteiger partial charge in [0.05, 0.1) is 12.2 Å². The number of benzene rings is 1. The van der Waals surface area contributed by atoms with Gasteiger partial charge >= 0.3 is 5.97 Å². The average Bonchev–Trinajstić information content (AvgIpc) is 2.42. The monoisotopic (exact) mass is 294 g/mol. The van der Waals surface area contributed by atoms with E-state index in [4.69, 9.17) is 15.6 Å². The van der Waals surface area contributed by atoms with Crippen molar-refractivity contribution in [2.45, 2.75) is 38.5 Å². The summed E-state index contributed by atoms with van der Waals surface area (Å²) in [4.78, 5) is 23.2. The van der Waals surface area contributed by atoms with E-state index in [0.29, 0.717) is 5.56 Å². The Hall–Kier alpha value is -1.92. The normalized spacial score (nSPS) is 14.3. The van der Waals surface area contributed by atoms with Crippen molar-refractivity contribution in [3.8, 4) is 0 Å². The van der Waals surface area contributed by atoms with E-state index in [0.717, 1.165) is 0 Å². The molecule has 6 heteroatoms. The lowest BCUT2D eigenvalue weighted by molar-refractivity contribution is -0.145. The van der Waals surface area contributed by atoms with Crippen LogP contribution in [0.25, 0.3) is 0 Å². The predicted octanol–water partition coefficient (Wildman–Crippen LogP) is 1.07. The van der Waals surface area contributed by atoms with Gasteiger partial charge in [-0.2, -0.15) is 0 Å². The van der Waals surface area contributed by atoms with Gasteiger partial charge in [-0.3, -0.25) is 4.79 Å². The molecule has 1 amide bonds. The number of nitrogens with two attached hydrogens (primary N) is 1. The molecule has 0 saturated heterocycles. The van der Waals surface area contributed by atoms with E-state index in [2.05, 4.69) is 5.32 Å². The molecular weight excluding hydrogens is 272 g/mol. The molecular formula is C15H22N2O4. The van der Waals surface area contributed by atoms with Crippen LogP contribution in [0.3, 0.4) is 0 Å². The zero-order valence-electron chi connectivity index (χ0n) is 12.5. The van der Waals surface area contributed by atoms with Gasteiger partial charge in [0, 0.05) is 0 Å². The van der Waals surface area contributed by atoms with Gasteiger partial charge in [-0.25, -0.2) is 4.79 Å². The van der Waals surface area contributed by atoms with E-state index in [1.54, 1.807) is 24.3 Å². The largest absolute Gasteiger partial charge is 0.480 e. The molecule has 1 aromatic rings. The Bertz CT molecular complexity index is 482. The first-order chi connectivity index (χ1) is 9.70. The van der Waals surface area contributed by atoms with Crippen LogP contribution in [-0.4, -0.2) is 35.2 Å². The highest BCUT2D eigenvalue weighted by atomic mass is 16.5. The van der Waals surface area contributed by atoms with E-state index >= 15 is 0 Å². The van der Waals surface area contributed by atoms with Gasteiger partial charge in [-0.05, 0) is 26.3 Å². The maximum Gasteiger partial charge on any atom is 0.328 e. The highest BCUT2D eigenvalue weighted by Gasteiger charge is 2.26. The number of nitrogens with one attached hydrogen (secondary N) is 1. The Labute approximate surface area is 124 Å². The lowest BCUT2D eigenvalue weighted by atomic mass is 10.1. The summed E-state index contributed by atoms with van der Waals surface area (Å²) in [5.41, 5.74) is 5.96. The maximum atomic E-state index is 12.0. The first-order valence-electron chi connectivity index (χ1n) is 6.68. The molecule has 4 N–H and O–H groups in total. The fourth-order valence-corrected chi connectivity index (χ4v) is 1.58. The van der Waals surface area contributed by atoms with E-state index < -0.39 is 29.6 Å². The van der Waals surface area contributed by atoms with Gasteiger partial charge in [0.2, 0.25) is 5.91 Å². The number of carboxylic acids is 1. The van der Waals surface area contributed by atoms with Crippen LogP contribution >= 0.6 is 0 Å². The zero-order chi connectivity index (χ0) is 16.0. The van der Waals surface area contributed by atoms with Crippen LogP contribution < -0.4 is 11.1 Å². The zero-order valence-corrected chi connectivity index (χ0v) is 12.5. The van der Waals surface area contributed by atoms with Gasteiger partial charge in [-0.1, -0.05) is 30.3 Å². The number of ether oxygens (including phenoxy) is 1. The standard InChI is InChI=1S/C15H22N2O4/c1-15(2,3)21-9-11(14(19)20)17-13(18)12(16)10-7-5-4-6-8-10/h4-8,11-12H,9,16H2,1-3H3,(H,17,18)(H,19,20)/t11?,12-/m1/s1. The first kappa shape index (κ1) is 17.1. The molecule has 2 atom stereocenters. The summed E-state index contributed by atoms with van der Waals surface area (Å²) in [6.45, 7) is 5.31. The van der Waals surface area contributed by atoms with Gasteiger partial charge in [0.25, 0.3) is 0 Å². The van der Waals surface area contributed by atoms with Crippen LogP contribution in [0.15, 0.2) is 30.3 Å². The molecule has 1 rings (SSSR count). The summed E-state index contributed by atoms with van der Waals surface area (Å²) in [6.07, 6.45) is 0. The molecule has 0 fully saturated rings. The van der Waals surface area contributed by atoms with Crippen molar-refractivity contribution in [3.63, 3.8) is 0 Å². The lowest BCUT2D eigenvalue weighted by Gasteiger charge is -2.24. The third-order valence-corrected chi connectivity index (χ3v) is 2.74. The number of carbonyl (C=O) groups excluding carboxylic acids is 1. The van der Waals surface area contributed by atoms with Gasteiger partial charge in [0.15, 0.2) is 6.04 Å². The number of aliphatic carboxylic acids is 1. The second-order valence-electron chi connectivity index (χ2n) is 5.71. The molecule has 1 aromatic carbocycles. The minimum atomic E-state index is -1.16. The van der Waals surface area contributed by atoms with Crippen LogP contribution in [0.5, 0.6) is 0 Å². The third kappa shape index (κ3) is 5.93. The smallest absolute Gasteiger partial charge is 0.328 e. The van der Waals surface area contributed by atoms with Crippen molar-refractivity contribution in [2.75, 3.05) is 6.61 Å². The Morgan fingerprint density at radius 1 is 1.29 bits per heavy atom. The van der Waals surface area contributed by atoms with Crippen molar-refractivity contribution in [2.24, 2.45) is 5.73 Å². The number of rotatable bonds is 6. The van der Waals surface area contributed by atoms with Crippen molar-refractivity contribution in [1.29, 1.82) is 0 Å². The molecule has 0 aromatic heterocycles. The van der Waals surface area contributed by atoms with Crippen molar-refractivity contribution < 1.29 is 19.4 Å². The minimum Gasteiger partial charge on any atom is -0.480 e. The molecule has 0 heterocycles. The molecule has 0 aliphatic carbocycles. The van der Waals surface area contributed by atoms with Crippen molar-refractivity contribution >= 4 is 11.9 Å². The number of carbonyl (C=O) groups is 2. The van der Waals surface area contributed by atoms with E-state index in [-0.39, 0.29) is 6.61 Å². The average molecular weight is 294 g/mol. The Kier molecular flexibility index (Phi) is 5.87. The van der Waals surface area contributed by atoms with E-state index in [1.807, 2.05) is 26.8 Å². The summed E-state index contributed by atoms with van der Waals surface area (Å²) < 4.78 is 5.40. The summed E-state index contributed by atoms with van der Waals surface area (Å²) in [7, 11) is 0. The summed E-state index contributed by atoms with van der Waals surface area (Å²) >= 11 is 0. The maximum absolute atomic E-state index is 12.0. The summed E-state index contributed by atoms with van der Waals surface area (Å²) in [6, 6.07) is 6.72. The van der Waals surface area contributed by atoms with Gasteiger partial charge < -0.3 is 20.9 Å². The van der Waals surface area contributed by atoms with Crippen LogP contribution in [0.2, 0.25) is 0 Å². The molecule has 0 bridgehead atoms. The highest BCUT2D eigenvalue weighted by molar-refractivity contribution is 5.87. The van der Waals surface area contributed by atoms with E-state index in [9.17, 15) is 9.59 Å². The van der Waals surface area contributed by atoms with Crippen LogP contribution in [0.4, 0.5) is 0 Å². The summed E-state index contributed by atoms with van der Waals surface area (Å²) in [5.74, 6) is -1.71. The molecule has 21 heavy (non-hydrogen) atoms. The van der Waals surface area contributed by atoms with Crippen molar-refractivity contribution in [1.82, 2.24) is 5.32 Å². The first-order valence-corrected chi connectivity index (χ1v) is 6.68. The van der Waals surface area contributed by atoms with Gasteiger partial charge in [-0.15, -0.1) is 0 Å². The number of carboxylic acid groups (broad SMARTS) is 1. The number of amides is 1. The SMILES string of the molecule is CC(C)(C)OCC(NC(=O)[C@H](N)c1ccccc1)C(=O)O. The molecule has 1 unspecified atom stereocenters. The second kappa shape index (κ2) is 7.19. The van der Waals surface area contributed by atoms with Crippen molar-refractivity contribution in [3.05, 3.63) is 35.9 Å². The quantitative estimate of drug-likeness (QED) is 0.728. The molecule has 0 aliphatic heterocycles. The van der Waals surface area contributed by atoms with Crippen LogP contribution in [0.1, 0.15) is 32.4 Å².